The molecule has 0 aromatic carbocycles. The fourth-order valence-corrected chi connectivity index (χ4v) is 3.47. The van der Waals surface area contributed by atoms with Gasteiger partial charge in [-0.3, -0.25) is 29.5 Å². The van der Waals surface area contributed by atoms with E-state index >= 15 is 0 Å². The van der Waals surface area contributed by atoms with Gasteiger partial charge >= 0.3 is 39.4 Å². The van der Waals surface area contributed by atoms with Crippen LogP contribution in [0.1, 0.15) is 31.1 Å². The second-order valence-electron chi connectivity index (χ2n) is 6.91. The molecule has 1 aliphatic heterocycles. The summed E-state index contributed by atoms with van der Waals surface area (Å²) in [5, 5.41) is 1.80. The van der Waals surface area contributed by atoms with E-state index in [0.29, 0.717) is 0 Å². The number of nitrogens with one attached hydrogen (secondary N) is 1. The first-order valence-corrected chi connectivity index (χ1v) is 10.9. The molecule has 13 nitrogen and oxygen atoms in total. The number of hydrogen-bond donors (Lipinski definition) is 1. The molecule has 17 heteroatoms. The zero-order valence-corrected chi connectivity index (χ0v) is 19.0. The average Bonchev–Trinajstić information content (AvgIpc) is 2.97. The van der Waals surface area contributed by atoms with Crippen LogP contribution >= 0.6 is 0 Å². The van der Waals surface area contributed by atoms with E-state index in [1.54, 1.807) is 5.32 Å². The van der Waals surface area contributed by atoms with E-state index in [0.717, 1.165) is 33.0 Å². The minimum atomic E-state index is -6.54. The number of carbonyl (C=O) groups excluding carboxylic acids is 4. The van der Waals surface area contributed by atoms with Crippen molar-refractivity contribution >= 4 is 33.9 Å². The zero-order chi connectivity index (χ0) is 26.6. The van der Waals surface area contributed by atoms with Gasteiger partial charge in [-0.1, -0.05) is 0 Å². The van der Waals surface area contributed by atoms with Gasteiger partial charge < -0.3 is 18.9 Å². The summed E-state index contributed by atoms with van der Waals surface area (Å²) in [6.07, 6.45) is -3.74. The molecule has 0 unspecified atom stereocenters. The van der Waals surface area contributed by atoms with E-state index in [9.17, 15) is 40.8 Å². The quantitative estimate of drug-likeness (QED) is 0.159. The number of amides is 1. The van der Waals surface area contributed by atoms with E-state index in [4.69, 9.17) is 18.9 Å². The van der Waals surface area contributed by atoms with E-state index in [2.05, 4.69) is 9.17 Å². The van der Waals surface area contributed by atoms with Gasteiger partial charge in [-0.05, 0) is 12.1 Å². The van der Waals surface area contributed by atoms with Crippen molar-refractivity contribution < 1.29 is 63.9 Å². The van der Waals surface area contributed by atoms with Crippen molar-refractivity contribution in [2.45, 2.75) is 50.5 Å². The van der Waals surface area contributed by atoms with Gasteiger partial charge in [-0.15, -0.1) is 0 Å². The summed E-state index contributed by atoms with van der Waals surface area (Å²) in [5.41, 5.74) is -6.31. The van der Waals surface area contributed by atoms with Gasteiger partial charge in [0.2, 0.25) is 6.10 Å². The molecule has 1 aromatic heterocycles. The van der Waals surface area contributed by atoms with E-state index in [1.165, 1.54) is 12.3 Å². The minimum absolute atomic E-state index is 0.294. The molecule has 1 N–H and O–H groups in total. The molecule has 35 heavy (non-hydrogen) atoms. The number of pyridine rings is 1. The molecule has 0 saturated carbocycles. The Bertz CT molecular complexity index is 1080. The van der Waals surface area contributed by atoms with E-state index < -0.39 is 70.3 Å². The van der Waals surface area contributed by atoms with Gasteiger partial charge in [0.25, 0.3) is 5.91 Å². The smallest absolute Gasteiger partial charge is 0.463 e. The number of alkyl halides is 3. The molecule has 4 atom stereocenters. The summed E-state index contributed by atoms with van der Waals surface area (Å²) in [6.45, 7) is 1.79. The lowest BCUT2D eigenvalue weighted by Crippen LogP contribution is -2.61. The second-order valence-corrected chi connectivity index (χ2v) is 8.45. The Kier molecular flexibility index (Phi) is 8.40. The number of aromatic nitrogens is 1. The molecule has 0 bridgehead atoms. The van der Waals surface area contributed by atoms with Crippen LogP contribution in [0, 0.1) is 0 Å². The molecular weight excluding hydrogens is 509 g/mol. The predicted molar refractivity (Wildman–Crippen MR) is 103 cm³/mol. The third-order valence-corrected chi connectivity index (χ3v) is 5.17. The fourth-order valence-electron chi connectivity index (χ4n) is 2.88. The van der Waals surface area contributed by atoms with Crippen molar-refractivity contribution in [3.8, 4) is 0 Å². The van der Waals surface area contributed by atoms with Gasteiger partial charge in [0.1, 0.15) is 12.7 Å². The first-order valence-electron chi connectivity index (χ1n) is 9.48. The monoisotopic (exact) mass is 528 g/mol. The van der Waals surface area contributed by atoms with E-state index in [1.807, 2.05) is 0 Å². The first-order chi connectivity index (χ1) is 16.1. The SMILES string of the molecule is CC(=O)OC[C@H]1O[C@@](NC(=O)c2cccnc2)(OS(=O)(=O)C(F)(F)F)[C@H](OC(C)=O)[C@@H]1OC(C)=O. The van der Waals surface area contributed by atoms with Gasteiger partial charge in [0, 0.05) is 33.2 Å². The number of ether oxygens (including phenoxy) is 4. The molecule has 0 aliphatic carbocycles. The molecule has 1 fully saturated rings. The normalized spacial score (nSPS) is 24.3. The number of nitrogens with zero attached hydrogens (tertiary/aromatic N) is 1. The lowest BCUT2D eigenvalue weighted by molar-refractivity contribution is -0.236. The van der Waals surface area contributed by atoms with Gasteiger partial charge in [-0.25, -0.2) is 4.18 Å². The van der Waals surface area contributed by atoms with Crippen LogP contribution in [0.5, 0.6) is 0 Å². The van der Waals surface area contributed by atoms with Crippen LogP contribution in [0.15, 0.2) is 24.5 Å². The molecule has 1 saturated heterocycles. The lowest BCUT2D eigenvalue weighted by atomic mass is 10.1. The number of hydrogen-bond acceptors (Lipinski definition) is 12. The molecule has 0 spiro atoms. The fraction of sp³-hybridized carbons (Fsp3) is 0.500. The summed E-state index contributed by atoms with van der Waals surface area (Å²) < 4.78 is 87.6. The van der Waals surface area contributed by atoms with Crippen molar-refractivity contribution in [3.05, 3.63) is 30.1 Å². The lowest BCUT2D eigenvalue weighted by Gasteiger charge is -2.33. The molecule has 2 heterocycles. The predicted octanol–water partition coefficient (Wildman–Crippen LogP) is 0.157. The topological polar surface area (TPSA) is 173 Å². The Morgan fingerprint density at radius 1 is 1.11 bits per heavy atom. The highest BCUT2D eigenvalue weighted by molar-refractivity contribution is 7.87. The standard InChI is InChI=1S/C18H19F3N2O11S/c1-9(24)30-8-13-14(31-10(2)25)15(32-11(3)26)17(33-13,34-35(28,29)18(19,20)21)23-16(27)12-5-4-6-22-7-12/h4-7,13-15H,8H2,1-3H3,(H,23,27)/t13-,14-,15-,17-/m1/s1. The van der Waals surface area contributed by atoms with Crippen molar-refractivity contribution in [1.29, 1.82) is 0 Å². The van der Waals surface area contributed by atoms with Crippen LogP contribution in [0.25, 0.3) is 0 Å². The summed E-state index contributed by atoms with van der Waals surface area (Å²) in [6, 6.07) is 2.43. The van der Waals surface area contributed by atoms with E-state index in [-0.39, 0.29) is 5.56 Å². The van der Waals surface area contributed by atoms with Crippen LogP contribution in [-0.4, -0.2) is 73.6 Å². The van der Waals surface area contributed by atoms with Gasteiger partial charge in [0.05, 0.1) is 5.56 Å². The molecule has 2 rings (SSSR count). The summed E-state index contributed by atoms with van der Waals surface area (Å²) in [4.78, 5) is 51.1. The van der Waals surface area contributed by atoms with Crippen molar-refractivity contribution in [3.63, 3.8) is 0 Å². The van der Waals surface area contributed by atoms with Crippen molar-refractivity contribution in [2.75, 3.05) is 6.61 Å². The second kappa shape index (κ2) is 10.5. The molecule has 1 aliphatic rings. The number of halogens is 3. The molecule has 0 radical (unpaired) electrons. The van der Waals surface area contributed by atoms with Crippen LogP contribution in [0.2, 0.25) is 0 Å². The highest BCUT2D eigenvalue weighted by atomic mass is 32.2. The number of esters is 3. The first kappa shape index (κ1) is 27.9. The Balaban J connectivity index is 2.66. The third-order valence-electron chi connectivity index (χ3n) is 4.14. The molecule has 194 valence electrons. The third kappa shape index (κ3) is 6.86. The Labute approximate surface area is 195 Å². The van der Waals surface area contributed by atoms with Crippen LogP contribution in [-0.2, 0) is 47.6 Å². The average molecular weight is 528 g/mol. The van der Waals surface area contributed by atoms with Gasteiger partial charge in [0.15, 0.2) is 6.10 Å². The Morgan fingerprint density at radius 3 is 2.23 bits per heavy atom. The maximum absolute atomic E-state index is 13.2. The maximum Gasteiger partial charge on any atom is 0.523 e. The van der Waals surface area contributed by atoms with Crippen molar-refractivity contribution in [2.24, 2.45) is 0 Å². The summed E-state index contributed by atoms with van der Waals surface area (Å²) in [5.74, 6) is -7.88. The zero-order valence-electron chi connectivity index (χ0n) is 18.2. The largest absolute Gasteiger partial charge is 0.523 e. The Hall–Kier alpha value is -3.31. The van der Waals surface area contributed by atoms with Crippen LogP contribution < -0.4 is 5.32 Å². The minimum Gasteiger partial charge on any atom is -0.463 e. The Morgan fingerprint density at radius 2 is 1.74 bits per heavy atom. The van der Waals surface area contributed by atoms with Gasteiger partial charge in [-0.2, -0.15) is 21.6 Å². The summed E-state index contributed by atoms with van der Waals surface area (Å²) in [7, 11) is -6.54. The highest BCUT2D eigenvalue weighted by Crippen LogP contribution is 2.39. The van der Waals surface area contributed by atoms with Crippen LogP contribution in [0.4, 0.5) is 13.2 Å². The molecule has 1 amide bonds. The summed E-state index contributed by atoms with van der Waals surface area (Å²) >= 11 is 0. The van der Waals surface area contributed by atoms with Crippen molar-refractivity contribution in [1.82, 2.24) is 10.3 Å². The van der Waals surface area contributed by atoms with Crippen LogP contribution in [0.3, 0.4) is 0 Å². The molecule has 1 aromatic rings. The maximum atomic E-state index is 13.2. The number of carbonyl (C=O) groups is 4. The molecular formula is C18H19F3N2O11S. The highest BCUT2D eigenvalue weighted by Gasteiger charge is 2.66. The number of rotatable bonds is 8.